The Bertz CT molecular complexity index is 238. The Hall–Kier alpha value is -0.610. The Morgan fingerprint density at radius 2 is 2.00 bits per heavy atom. The molecule has 1 atom stereocenters. The van der Waals surface area contributed by atoms with Gasteiger partial charge in [-0.3, -0.25) is 4.79 Å². The van der Waals surface area contributed by atoms with Crippen molar-refractivity contribution in [1.82, 2.24) is 9.80 Å². The Morgan fingerprint density at radius 1 is 1.25 bits per heavy atom. The molecule has 0 aromatic heterocycles. The minimum atomic E-state index is 0.242. The lowest BCUT2D eigenvalue weighted by molar-refractivity contribution is -0.130. The predicted molar refractivity (Wildman–Crippen MR) is 64.0 cm³/mol. The van der Waals surface area contributed by atoms with Gasteiger partial charge in [-0.1, -0.05) is 0 Å². The first-order valence-corrected chi connectivity index (χ1v) is 6.50. The average molecular weight is 225 g/mol. The summed E-state index contributed by atoms with van der Waals surface area (Å²) < 4.78 is 0. The topological polar surface area (TPSA) is 49.6 Å². The molecule has 2 rings (SSSR count). The van der Waals surface area contributed by atoms with Crippen molar-refractivity contribution in [2.75, 3.05) is 39.3 Å². The summed E-state index contributed by atoms with van der Waals surface area (Å²) in [4.78, 5) is 16.2. The Balaban J connectivity index is 1.72. The molecule has 0 aromatic carbocycles. The van der Waals surface area contributed by atoms with Crippen molar-refractivity contribution in [2.45, 2.75) is 25.7 Å². The quantitative estimate of drug-likeness (QED) is 0.747. The Morgan fingerprint density at radius 3 is 2.69 bits per heavy atom. The lowest BCUT2D eigenvalue weighted by atomic mass is 10.1. The third-order valence-electron chi connectivity index (χ3n) is 3.71. The van der Waals surface area contributed by atoms with Gasteiger partial charge in [0.25, 0.3) is 0 Å². The van der Waals surface area contributed by atoms with E-state index in [9.17, 15) is 4.79 Å². The number of carbonyl (C=O) groups is 1. The SMILES string of the molecule is NCCC(=O)N1CCC(CN2CCCC2)C1. The molecule has 1 unspecified atom stereocenters. The highest BCUT2D eigenvalue weighted by Crippen LogP contribution is 2.20. The predicted octanol–water partition coefficient (Wildman–Crippen LogP) is 0.279. The summed E-state index contributed by atoms with van der Waals surface area (Å²) in [6.07, 6.45) is 4.38. The Labute approximate surface area is 97.8 Å². The number of hydrogen-bond donors (Lipinski definition) is 1. The van der Waals surface area contributed by atoms with Crippen molar-refractivity contribution in [3.8, 4) is 0 Å². The molecule has 0 aliphatic carbocycles. The van der Waals surface area contributed by atoms with Crippen molar-refractivity contribution in [3.05, 3.63) is 0 Å². The van der Waals surface area contributed by atoms with Gasteiger partial charge in [-0.05, 0) is 38.3 Å². The van der Waals surface area contributed by atoms with Crippen LogP contribution in [0.3, 0.4) is 0 Å². The second kappa shape index (κ2) is 5.64. The molecule has 0 spiro atoms. The van der Waals surface area contributed by atoms with Crippen LogP contribution in [0, 0.1) is 5.92 Å². The first kappa shape index (κ1) is 11.9. The first-order chi connectivity index (χ1) is 7.79. The highest BCUT2D eigenvalue weighted by atomic mass is 16.2. The molecule has 2 N–H and O–H groups in total. The van der Waals surface area contributed by atoms with Crippen LogP contribution >= 0.6 is 0 Å². The highest BCUT2D eigenvalue weighted by Gasteiger charge is 2.27. The standard InChI is InChI=1S/C12H23N3O/c13-5-3-12(16)15-8-4-11(10-15)9-14-6-1-2-7-14/h11H,1-10,13H2. The number of likely N-dealkylation sites (tertiary alicyclic amines) is 2. The molecule has 0 saturated carbocycles. The van der Waals surface area contributed by atoms with E-state index in [1.807, 2.05) is 4.90 Å². The monoisotopic (exact) mass is 225 g/mol. The van der Waals surface area contributed by atoms with Crippen LogP contribution in [0.2, 0.25) is 0 Å². The van der Waals surface area contributed by atoms with Crippen LogP contribution in [0.1, 0.15) is 25.7 Å². The van der Waals surface area contributed by atoms with Crippen molar-refractivity contribution in [2.24, 2.45) is 11.7 Å². The number of hydrogen-bond acceptors (Lipinski definition) is 3. The smallest absolute Gasteiger partial charge is 0.223 e. The molecule has 2 aliphatic rings. The molecule has 92 valence electrons. The summed E-state index contributed by atoms with van der Waals surface area (Å²) in [5, 5.41) is 0. The van der Waals surface area contributed by atoms with Gasteiger partial charge >= 0.3 is 0 Å². The fourth-order valence-electron chi connectivity index (χ4n) is 2.82. The summed E-state index contributed by atoms with van der Waals surface area (Å²) in [6.45, 7) is 6.08. The summed E-state index contributed by atoms with van der Waals surface area (Å²) in [5.41, 5.74) is 5.41. The van der Waals surface area contributed by atoms with E-state index in [2.05, 4.69) is 4.90 Å². The molecular weight excluding hydrogens is 202 g/mol. The van der Waals surface area contributed by atoms with Crippen molar-refractivity contribution < 1.29 is 4.79 Å². The fourth-order valence-corrected chi connectivity index (χ4v) is 2.82. The average Bonchev–Trinajstić information content (AvgIpc) is 2.90. The third kappa shape index (κ3) is 2.95. The lowest BCUT2D eigenvalue weighted by Crippen LogP contribution is -2.32. The van der Waals surface area contributed by atoms with Crippen LogP contribution in [-0.2, 0) is 4.79 Å². The molecule has 4 nitrogen and oxygen atoms in total. The second-order valence-corrected chi connectivity index (χ2v) is 5.04. The molecule has 0 bridgehead atoms. The first-order valence-electron chi connectivity index (χ1n) is 6.50. The maximum atomic E-state index is 11.7. The van der Waals surface area contributed by atoms with Crippen LogP contribution in [-0.4, -0.2) is 55.0 Å². The number of carbonyl (C=O) groups excluding carboxylic acids is 1. The molecule has 2 heterocycles. The van der Waals surface area contributed by atoms with E-state index in [1.54, 1.807) is 0 Å². The van der Waals surface area contributed by atoms with E-state index in [-0.39, 0.29) is 5.91 Å². The van der Waals surface area contributed by atoms with Gasteiger partial charge in [0, 0.05) is 32.6 Å². The lowest BCUT2D eigenvalue weighted by Gasteiger charge is -2.20. The van der Waals surface area contributed by atoms with E-state index in [0.717, 1.165) is 13.1 Å². The van der Waals surface area contributed by atoms with Gasteiger partial charge in [-0.2, -0.15) is 0 Å². The second-order valence-electron chi connectivity index (χ2n) is 5.04. The molecule has 16 heavy (non-hydrogen) atoms. The van der Waals surface area contributed by atoms with E-state index in [0.29, 0.717) is 18.9 Å². The highest BCUT2D eigenvalue weighted by molar-refractivity contribution is 5.76. The zero-order chi connectivity index (χ0) is 11.4. The molecule has 2 saturated heterocycles. The summed E-state index contributed by atoms with van der Waals surface area (Å²) >= 11 is 0. The Kier molecular flexibility index (Phi) is 4.18. The minimum Gasteiger partial charge on any atom is -0.342 e. The van der Waals surface area contributed by atoms with Gasteiger partial charge in [-0.15, -0.1) is 0 Å². The normalized spacial score (nSPS) is 26.6. The van der Waals surface area contributed by atoms with Gasteiger partial charge in [0.2, 0.25) is 5.91 Å². The molecule has 4 heteroatoms. The summed E-state index contributed by atoms with van der Waals surface area (Å²) in [5.74, 6) is 0.936. The number of rotatable bonds is 4. The molecule has 0 radical (unpaired) electrons. The molecule has 2 aliphatic heterocycles. The van der Waals surface area contributed by atoms with E-state index < -0.39 is 0 Å². The van der Waals surface area contributed by atoms with Crippen molar-refractivity contribution in [3.63, 3.8) is 0 Å². The van der Waals surface area contributed by atoms with Crippen molar-refractivity contribution in [1.29, 1.82) is 0 Å². The van der Waals surface area contributed by atoms with Gasteiger partial charge in [0.1, 0.15) is 0 Å². The largest absolute Gasteiger partial charge is 0.342 e. The summed E-state index contributed by atoms with van der Waals surface area (Å²) in [6, 6.07) is 0. The van der Waals surface area contributed by atoms with Gasteiger partial charge in [-0.25, -0.2) is 0 Å². The summed E-state index contributed by atoms with van der Waals surface area (Å²) in [7, 11) is 0. The zero-order valence-electron chi connectivity index (χ0n) is 10.0. The number of nitrogens with zero attached hydrogens (tertiary/aromatic N) is 2. The maximum absolute atomic E-state index is 11.7. The third-order valence-corrected chi connectivity index (χ3v) is 3.71. The maximum Gasteiger partial charge on any atom is 0.223 e. The molecule has 1 amide bonds. The van der Waals surface area contributed by atoms with Crippen LogP contribution in [0.15, 0.2) is 0 Å². The van der Waals surface area contributed by atoms with Crippen LogP contribution < -0.4 is 5.73 Å². The van der Waals surface area contributed by atoms with Gasteiger partial charge < -0.3 is 15.5 Å². The van der Waals surface area contributed by atoms with Gasteiger partial charge in [0.05, 0.1) is 0 Å². The van der Waals surface area contributed by atoms with Crippen molar-refractivity contribution >= 4 is 5.91 Å². The zero-order valence-corrected chi connectivity index (χ0v) is 10.0. The minimum absolute atomic E-state index is 0.242. The van der Waals surface area contributed by atoms with Crippen LogP contribution in [0.4, 0.5) is 0 Å². The number of nitrogens with two attached hydrogens (primary N) is 1. The molecule has 0 aromatic rings. The van der Waals surface area contributed by atoms with E-state index in [1.165, 1.54) is 38.9 Å². The fraction of sp³-hybridized carbons (Fsp3) is 0.917. The van der Waals surface area contributed by atoms with E-state index in [4.69, 9.17) is 5.73 Å². The van der Waals surface area contributed by atoms with E-state index >= 15 is 0 Å². The molecular formula is C12H23N3O. The van der Waals surface area contributed by atoms with Gasteiger partial charge in [0.15, 0.2) is 0 Å². The van der Waals surface area contributed by atoms with Crippen LogP contribution in [0.5, 0.6) is 0 Å². The number of amides is 1. The van der Waals surface area contributed by atoms with Crippen LogP contribution in [0.25, 0.3) is 0 Å². The molecule has 2 fully saturated rings.